The van der Waals surface area contributed by atoms with E-state index >= 15 is 0 Å². The fraction of sp³-hybridized carbons (Fsp3) is 0.143. The summed E-state index contributed by atoms with van der Waals surface area (Å²) in [4.78, 5) is 0. The van der Waals surface area contributed by atoms with Crippen molar-refractivity contribution in [2.24, 2.45) is 0 Å². The Morgan fingerprint density at radius 1 is 0.952 bits per heavy atom. The maximum atomic E-state index is 13.0. The van der Waals surface area contributed by atoms with E-state index in [-0.39, 0.29) is 12.4 Å². The lowest BCUT2D eigenvalue weighted by Gasteiger charge is -2.11. The van der Waals surface area contributed by atoms with Crippen LogP contribution in [0.1, 0.15) is 5.56 Å². The monoisotopic (exact) mass is 301 g/mol. The number of halogens is 4. The Balaban J connectivity index is 1.99. The first kappa shape index (κ1) is 15.0. The smallest absolute Gasteiger partial charge is 0.489 e. The number of ether oxygens (including phenoxy) is 2. The molecule has 0 heterocycles. The molecule has 0 spiro atoms. The van der Waals surface area contributed by atoms with Gasteiger partial charge in [-0.2, -0.15) is 0 Å². The molecule has 0 fully saturated rings. The van der Waals surface area contributed by atoms with E-state index in [9.17, 15) is 17.6 Å². The molecule has 0 aliphatic rings. The highest BCUT2D eigenvalue weighted by atomic mass is 19.4. The lowest BCUT2D eigenvalue weighted by atomic mass is 10.2. The van der Waals surface area contributed by atoms with Crippen LogP contribution in [0, 0.1) is 5.82 Å². The third-order valence-corrected chi connectivity index (χ3v) is 2.56. The van der Waals surface area contributed by atoms with Gasteiger partial charge in [-0.05, 0) is 42.5 Å². The molecule has 2 aromatic carbocycles. The summed E-state index contributed by atoms with van der Waals surface area (Å²) in [5.74, 6) is -0.481. The fourth-order valence-electron chi connectivity index (χ4n) is 1.60. The summed E-state index contributed by atoms with van der Waals surface area (Å²) in [7, 11) is 0. The van der Waals surface area contributed by atoms with Crippen molar-refractivity contribution in [2.75, 3.05) is 5.73 Å². The standard InChI is InChI=1S/C14H11F4NO2/c15-10-1-6-13(19)9(7-10)8-20-11-2-4-12(5-3-11)21-14(16,17)18/h1-7H,8,19H2. The molecule has 0 bridgehead atoms. The van der Waals surface area contributed by atoms with Crippen molar-refractivity contribution in [3.8, 4) is 11.5 Å². The SMILES string of the molecule is Nc1ccc(F)cc1COc1ccc(OC(F)(F)F)cc1. The number of rotatable bonds is 4. The summed E-state index contributed by atoms with van der Waals surface area (Å²) >= 11 is 0. The molecule has 2 N–H and O–H groups in total. The zero-order chi connectivity index (χ0) is 15.5. The Labute approximate surface area is 117 Å². The fourth-order valence-corrected chi connectivity index (χ4v) is 1.60. The summed E-state index contributed by atoms with van der Waals surface area (Å²) in [6, 6.07) is 8.75. The predicted molar refractivity (Wildman–Crippen MR) is 68.3 cm³/mol. The van der Waals surface area contributed by atoms with Crippen LogP contribution >= 0.6 is 0 Å². The summed E-state index contributed by atoms with van der Waals surface area (Å²) < 4.78 is 58.1. The molecule has 0 aliphatic carbocycles. The normalized spacial score (nSPS) is 11.2. The van der Waals surface area contributed by atoms with Crippen LogP contribution in [0.15, 0.2) is 42.5 Å². The topological polar surface area (TPSA) is 44.5 Å². The van der Waals surface area contributed by atoms with Crippen molar-refractivity contribution in [1.82, 2.24) is 0 Å². The summed E-state index contributed by atoms with van der Waals surface area (Å²) in [6.45, 7) is 0.00304. The maximum Gasteiger partial charge on any atom is 0.573 e. The number of alkyl halides is 3. The number of anilines is 1. The molecule has 7 heteroatoms. The van der Waals surface area contributed by atoms with E-state index in [1.165, 1.54) is 30.3 Å². The van der Waals surface area contributed by atoms with Crippen LogP contribution in [0.5, 0.6) is 11.5 Å². The van der Waals surface area contributed by atoms with Gasteiger partial charge in [-0.1, -0.05) is 0 Å². The average Bonchev–Trinajstić information content (AvgIpc) is 2.40. The second-order valence-corrected chi connectivity index (χ2v) is 4.15. The van der Waals surface area contributed by atoms with Crippen molar-refractivity contribution in [3.63, 3.8) is 0 Å². The molecule has 112 valence electrons. The summed E-state index contributed by atoms with van der Waals surface area (Å²) in [5.41, 5.74) is 6.47. The van der Waals surface area contributed by atoms with Gasteiger partial charge in [0.25, 0.3) is 0 Å². The van der Waals surface area contributed by atoms with E-state index in [4.69, 9.17) is 10.5 Å². The van der Waals surface area contributed by atoms with Gasteiger partial charge in [-0.25, -0.2) is 4.39 Å². The van der Waals surface area contributed by atoms with Gasteiger partial charge in [0.05, 0.1) is 0 Å². The molecule has 21 heavy (non-hydrogen) atoms. The second kappa shape index (κ2) is 5.90. The van der Waals surface area contributed by atoms with E-state index in [0.29, 0.717) is 17.0 Å². The lowest BCUT2D eigenvalue weighted by Crippen LogP contribution is -2.16. The molecule has 3 nitrogen and oxygen atoms in total. The third-order valence-electron chi connectivity index (χ3n) is 2.56. The van der Waals surface area contributed by atoms with Crippen LogP contribution < -0.4 is 15.2 Å². The van der Waals surface area contributed by atoms with Crippen LogP contribution in [0.25, 0.3) is 0 Å². The highest BCUT2D eigenvalue weighted by Gasteiger charge is 2.30. The van der Waals surface area contributed by atoms with Gasteiger partial charge >= 0.3 is 6.36 Å². The summed E-state index contributed by atoms with van der Waals surface area (Å²) in [5, 5.41) is 0. The predicted octanol–water partition coefficient (Wildman–Crippen LogP) is 3.89. The quantitative estimate of drug-likeness (QED) is 0.688. The molecule has 0 unspecified atom stereocenters. The molecule has 0 saturated heterocycles. The zero-order valence-electron chi connectivity index (χ0n) is 10.7. The molecule has 0 aliphatic heterocycles. The molecule has 0 atom stereocenters. The molecular weight excluding hydrogens is 290 g/mol. The van der Waals surface area contributed by atoms with E-state index in [1.54, 1.807) is 0 Å². The van der Waals surface area contributed by atoms with Crippen molar-refractivity contribution in [1.29, 1.82) is 0 Å². The number of benzene rings is 2. The van der Waals surface area contributed by atoms with Crippen molar-refractivity contribution in [2.45, 2.75) is 13.0 Å². The van der Waals surface area contributed by atoms with Crippen molar-refractivity contribution in [3.05, 3.63) is 53.8 Å². The van der Waals surface area contributed by atoms with Crippen molar-refractivity contribution >= 4 is 5.69 Å². The van der Waals surface area contributed by atoms with Crippen LogP contribution in [0.2, 0.25) is 0 Å². The van der Waals surface area contributed by atoms with Crippen LogP contribution in [0.4, 0.5) is 23.2 Å². The van der Waals surface area contributed by atoms with Crippen LogP contribution in [-0.4, -0.2) is 6.36 Å². The molecule has 2 aromatic rings. The number of hydrogen-bond acceptors (Lipinski definition) is 3. The first-order valence-corrected chi connectivity index (χ1v) is 5.86. The Morgan fingerprint density at radius 2 is 1.57 bits per heavy atom. The minimum absolute atomic E-state index is 0.00304. The van der Waals surface area contributed by atoms with Gasteiger partial charge < -0.3 is 15.2 Å². The van der Waals surface area contributed by atoms with Gasteiger partial charge in [0, 0.05) is 11.3 Å². The average molecular weight is 301 g/mol. The molecule has 0 saturated carbocycles. The first-order chi connectivity index (χ1) is 9.83. The Morgan fingerprint density at radius 3 is 2.19 bits per heavy atom. The van der Waals surface area contributed by atoms with Gasteiger partial charge in [-0.15, -0.1) is 13.2 Å². The van der Waals surface area contributed by atoms with Crippen LogP contribution in [0.3, 0.4) is 0 Å². The number of nitrogens with two attached hydrogens (primary N) is 1. The maximum absolute atomic E-state index is 13.0. The minimum Gasteiger partial charge on any atom is -0.489 e. The molecule has 2 rings (SSSR count). The number of nitrogen functional groups attached to an aromatic ring is 1. The van der Waals surface area contributed by atoms with Gasteiger partial charge in [-0.3, -0.25) is 0 Å². The highest BCUT2D eigenvalue weighted by molar-refractivity contribution is 5.46. The van der Waals surface area contributed by atoms with Crippen LogP contribution in [-0.2, 0) is 6.61 Å². The van der Waals surface area contributed by atoms with Gasteiger partial charge in [0.15, 0.2) is 0 Å². The molecule has 0 aromatic heterocycles. The first-order valence-electron chi connectivity index (χ1n) is 5.86. The minimum atomic E-state index is -4.74. The zero-order valence-corrected chi connectivity index (χ0v) is 10.7. The highest BCUT2D eigenvalue weighted by Crippen LogP contribution is 2.25. The Kier molecular flexibility index (Phi) is 4.21. The van der Waals surface area contributed by atoms with Gasteiger partial charge in [0.1, 0.15) is 23.9 Å². The third kappa shape index (κ3) is 4.55. The number of hydrogen-bond donors (Lipinski definition) is 1. The molecule has 0 amide bonds. The molecular formula is C14H11F4NO2. The van der Waals surface area contributed by atoms with Gasteiger partial charge in [0.2, 0.25) is 0 Å². The summed E-state index contributed by atoms with van der Waals surface area (Å²) in [6.07, 6.45) is -4.74. The van der Waals surface area contributed by atoms with Crippen molar-refractivity contribution < 1.29 is 27.0 Å². The Hall–Kier alpha value is -2.44. The largest absolute Gasteiger partial charge is 0.573 e. The van der Waals surface area contributed by atoms with E-state index in [0.717, 1.165) is 12.1 Å². The Bertz CT molecular complexity index is 611. The van der Waals surface area contributed by atoms with E-state index < -0.39 is 12.2 Å². The second-order valence-electron chi connectivity index (χ2n) is 4.15. The lowest BCUT2D eigenvalue weighted by molar-refractivity contribution is -0.274. The molecule has 0 radical (unpaired) electrons. The van der Waals surface area contributed by atoms with E-state index in [2.05, 4.69) is 4.74 Å². The van der Waals surface area contributed by atoms with E-state index in [1.807, 2.05) is 0 Å².